The molecule has 0 aliphatic carbocycles. The highest BCUT2D eigenvalue weighted by atomic mass is 35.5. The van der Waals surface area contributed by atoms with Crippen LogP contribution in [-0.4, -0.2) is 30.8 Å². The van der Waals surface area contributed by atoms with E-state index in [0.29, 0.717) is 39.7 Å². The number of methoxy groups -OCH3 is 2. The van der Waals surface area contributed by atoms with Crippen LogP contribution in [0.15, 0.2) is 24.3 Å². The van der Waals surface area contributed by atoms with E-state index in [4.69, 9.17) is 37.4 Å². The van der Waals surface area contributed by atoms with Crippen molar-refractivity contribution in [2.45, 2.75) is 6.92 Å². The maximum Gasteiger partial charge on any atom is 0.203 e. The van der Waals surface area contributed by atoms with Crippen molar-refractivity contribution in [3.05, 3.63) is 34.3 Å². The number of imidazole rings is 1. The molecule has 0 aliphatic heterocycles. The van der Waals surface area contributed by atoms with Gasteiger partial charge >= 0.3 is 0 Å². The van der Waals surface area contributed by atoms with E-state index in [1.54, 1.807) is 26.4 Å². The standard InChI is InChI=1S/C17H16Cl2N2O3/c1-4-24-16-14(22-2)5-9(6-15(16)23-3)17-20-12-7-10(18)11(19)8-13(12)21-17/h5-8H,4H2,1-3H3,(H,20,21). The van der Waals surface area contributed by atoms with Crippen molar-refractivity contribution in [2.24, 2.45) is 0 Å². The summed E-state index contributed by atoms with van der Waals surface area (Å²) in [5, 5.41) is 0.935. The molecule has 2 aromatic carbocycles. The largest absolute Gasteiger partial charge is 0.493 e. The van der Waals surface area contributed by atoms with Gasteiger partial charge in [0.25, 0.3) is 0 Å². The Morgan fingerprint density at radius 1 is 1.00 bits per heavy atom. The summed E-state index contributed by atoms with van der Waals surface area (Å²) >= 11 is 12.1. The van der Waals surface area contributed by atoms with E-state index in [1.807, 2.05) is 19.1 Å². The lowest BCUT2D eigenvalue weighted by atomic mass is 10.1. The third-order valence-electron chi connectivity index (χ3n) is 3.55. The van der Waals surface area contributed by atoms with Crippen LogP contribution in [0.5, 0.6) is 17.2 Å². The highest BCUT2D eigenvalue weighted by Gasteiger charge is 2.17. The number of nitrogens with zero attached hydrogens (tertiary/aromatic N) is 1. The lowest BCUT2D eigenvalue weighted by molar-refractivity contribution is 0.288. The average Bonchev–Trinajstić information content (AvgIpc) is 2.98. The zero-order chi connectivity index (χ0) is 17.3. The molecule has 0 aliphatic rings. The molecule has 0 atom stereocenters. The summed E-state index contributed by atoms with van der Waals surface area (Å²) in [5.41, 5.74) is 2.33. The van der Waals surface area contributed by atoms with Gasteiger partial charge in [0.05, 0.1) is 41.9 Å². The third kappa shape index (κ3) is 2.97. The van der Waals surface area contributed by atoms with E-state index in [1.165, 1.54) is 0 Å². The van der Waals surface area contributed by atoms with Gasteiger partial charge in [0, 0.05) is 5.56 Å². The molecule has 1 aromatic heterocycles. The van der Waals surface area contributed by atoms with Crippen LogP contribution in [0.4, 0.5) is 0 Å². The number of rotatable bonds is 5. The number of aromatic nitrogens is 2. The second-order valence-corrected chi connectivity index (χ2v) is 5.83. The molecule has 1 heterocycles. The van der Waals surface area contributed by atoms with Crippen molar-refractivity contribution in [3.8, 4) is 28.6 Å². The Balaban J connectivity index is 2.15. The van der Waals surface area contributed by atoms with Crippen molar-refractivity contribution < 1.29 is 14.2 Å². The smallest absolute Gasteiger partial charge is 0.203 e. The molecular formula is C17H16Cl2N2O3. The molecule has 126 valence electrons. The number of hydrogen-bond acceptors (Lipinski definition) is 4. The predicted molar refractivity (Wildman–Crippen MR) is 95.8 cm³/mol. The summed E-state index contributed by atoms with van der Waals surface area (Å²) in [5.74, 6) is 2.36. The first kappa shape index (κ1) is 16.7. The molecule has 7 heteroatoms. The number of hydrogen-bond donors (Lipinski definition) is 1. The van der Waals surface area contributed by atoms with Gasteiger partial charge < -0.3 is 19.2 Å². The molecule has 5 nitrogen and oxygen atoms in total. The fraction of sp³-hybridized carbons (Fsp3) is 0.235. The van der Waals surface area contributed by atoms with Crippen LogP contribution in [0.1, 0.15) is 6.92 Å². The van der Waals surface area contributed by atoms with E-state index >= 15 is 0 Å². The summed E-state index contributed by atoms with van der Waals surface area (Å²) in [6.07, 6.45) is 0. The van der Waals surface area contributed by atoms with Gasteiger partial charge in [-0.2, -0.15) is 0 Å². The SMILES string of the molecule is CCOc1c(OC)cc(-c2nc3cc(Cl)c(Cl)cc3[nH]2)cc1OC. The maximum atomic E-state index is 6.06. The van der Waals surface area contributed by atoms with Crippen LogP contribution in [0.3, 0.4) is 0 Å². The number of benzene rings is 2. The normalized spacial score (nSPS) is 10.9. The molecule has 1 N–H and O–H groups in total. The Morgan fingerprint density at radius 2 is 1.62 bits per heavy atom. The molecule has 24 heavy (non-hydrogen) atoms. The summed E-state index contributed by atoms with van der Waals surface area (Å²) in [6.45, 7) is 2.41. The second-order valence-electron chi connectivity index (χ2n) is 5.01. The first-order valence-corrected chi connectivity index (χ1v) is 8.07. The van der Waals surface area contributed by atoms with Crippen LogP contribution in [0.25, 0.3) is 22.4 Å². The molecule has 0 fully saturated rings. The van der Waals surface area contributed by atoms with Crippen LogP contribution >= 0.6 is 23.2 Å². The van der Waals surface area contributed by atoms with Gasteiger partial charge in [-0.15, -0.1) is 0 Å². The van der Waals surface area contributed by atoms with Gasteiger partial charge in [-0.05, 0) is 31.2 Å². The van der Waals surface area contributed by atoms with Crippen LogP contribution in [-0.2, 0) is 0 Å². The molecule has 0 bridgehead atoms. The van der Waals surface area contributed by atoms with Crippen LogP contribution in [0.2, 0.25) is 10.0 Å². The van der Waals surface area contributed by atoms with Crippen LogP contribution < -0.4 is 14.2 Å². The van der Waals surface area contributed by atoms with E-state index in [0.717, 1.165) is 16.6 Å². The summed E-state index contributed by atoms with van der Waals surface area (Å²) in [7, 11) is 3.17. The highest BCUT2D eigenvalue weighted by molar-refractivity contribution is 6.42. The summed E-state index contributed by atoms with van der Waals surface area (Å²) in [4.78, 5) is 7.79. The van der Waals surface area contributed by atoms with Gasteiger partial charge in [0.1, 0.15) is 5.82 Å². The predicted octanol–water partition coefficient (Wildman–Crippen LogP) is 4.95. The monoisotopic (exact) mass is 366 g/mol. The Kier molecular flexibility index (Phi) is 4.73. The summed E-state index contributed by atoms with van der Waals surface area (Å²) in [6, 6.07) is 7.16. The zero-order valence-electron chi connectivity index (χ0n) is 13.4. The fourth-order valence-electron chi connectivity index (χ4n) is 2.44. The van der Waals surface area contributed by atoms with E-state index < -0.39 is 0 Å². The minimum absolute atomic E-state index is 0.462. The lowest BCUT2D eigenvalue weighted by Gasteiger charge is -2.14. The van der Waals surface area contributed by atoms with Crippen molar-refractivity contribution in [1.82, 2.24) is 9.97 Å². The molecule has 3 aromatic rings. The van der Waals surface area contributed by atoms with Crippen molar-refractivity contribution >= 4 is 34.2 Å². The number of aromatic amines is 1. The number of ether oxygens (including phenoxy) is 3. The molecule has 0 saturated carbocycles. The van der Waals surface area contributed by atoms with Crippen molar-refractivity contribution in [3.63, 3.8) is 0 Å². The number of nitrogens with one attached hydrogen (secondary N) is 1. The first-order valence-electron chi connectivity index (χ1n) is 7.31. The molecule has 0 amide bonds. The highest BCUT2D eigenvalue weighted by Crippen LogP contribution is 2.41. The molecule has 0 unspecified atom stereocenters. The minimum Gasteiger partial charge on any atom is -0.493 e. The van der Waals surface area contributed by atoms with E-state index in [-0.39, 0.29) is 0 Å². The van der Waals surface area contributed by atoms with Gasteiger partial charge in [0.15, 0.2) is 11.5 Å². The molecular weight excluding hydrogens is 351 g/mol. The van der Waals surface area contributed by atoms with Crippen molar-refractivity contribution in [1.29, 1.82) is 0 Å². The van der Waals surface area contributed by atoms with Gasteiger partial charge in [0.2, 0.25) is 5.75 Å². The Bertz CT molecular complexity index is 829. The third-order valence-corrected chi connectivity index (χ3v) is 4.27. The number of H-pyrrole nitrogens is 1. The lowest BCUT2D eigenvalue weighted by Crippen LogP contribution is -1.99. The Morgan fingerprint density at radius 3 is 2.21 bits per heavy atom. The van der Waals surface area contributed by atoms with Crippen LogP contribution in [0, 0.1) is 0 Å². The molecule has 3 rings (SSSR count). The van der Waals surface area contributed by atoms with Crippen molar-refractivity contribution in [2.75, 3.05) is 20.8 Å². The number of halogens is 2. The Labute approximate surface area is 149 Å². The van der Waals surface area contributed by atoms with E-state index in [2.05, 4.69) is 9.97 Å². The van der Waals surface area contributed by atoms with Gasteiger partial charge in [-0.25, -0.2) is 4.98 Å². The quantitative estimate of drug-likeness (QED) is 0.693. The summed E-state index contributed by atoms with van der Waals surface area (Å²) < 4.78 is 16.5. The zero-order valence-corrected chi connectivity index (χ0v) is 15.0. The molecule has 0 spiro atoms. The fourth-order valence-corrected chi connectivity index (χ4v) is 2.77. The molecule has 0 saturated heterocycles. The number of fused-ring (bicyclic) bond motifs is 1. The maximum absolute atomic E-state index is 6.06. The first-order chi connectivity index (χ1) is 11.6. The van der Waals surface area contributed by atoms with Gasteiger partial charge in [-0.1, -0.05) is 23.2 Å². The average molecular weight is 367 g/mol. The Hall–Kier alpha value is -2.11. The van der Waals surface area contributed by atoms with Gasteiger partial charge in [-0.3, -0.25) is 0 Å². The minimum atomic E-state index is 0.462. The topological polar surface area (TPSA) is 56.4 Å². The molecule has 0 radical (unpaired) electrons. The van der Waals surface area contributed by atoms with E-state index in [9.17, 15) is 0 Å². The second kappa shape index (κ2) is 6.79.